The molecule has 1 heterocycles. The number of nitrogens with zero attached hydrogens (tertiary/aromatic N) is 2. The summed E-state index contributed by atoms with van der Waals surface area (Å²) in [6.07, 6.45) is 7.59. The minimum absolute atomic E-state index is 0.604. The van der Waals surface area contributed by atoms with Crippen LogP contribution in [0.5, 0.6) is 0 Å². The highest BCUT2D eigenvalue weighted by atomic mass is 15.0. The van der Waals surface area contributed by atoms with Gasteiger partial charge >= 0.3 is 0 Å². The van der Waals surface area contributed by atoms with Crippen LogP contribution in [0.3, 0.4) is 0 Å². The van der Waals surface area contributed by atoms with Crippen molar-refractivity contribution in [1.29, 1.82) is 0 Å². The molecule has 1 aromatic rings. The zero-order valence-corrected chi connectivity index (χ0v) is 11.9. The molecule has 0 saturated heterocycles. The Kier molecular flexibility index (Phi) is 4.56. The van der Waals surface area contributed by atoms with Crippen LogP contribution in [0.1, 0.15) is 57.5 Å². The maximum atomic E-state index is 4.49. The Bertz CT molecular complexity index is 381. The van der Waals surface area contributed by atoms with Gasteiger partial charge in [-0.3, -0.25) is 0 Å². The Balaban J connectivity index is 1.95. The van der Waals surface area contributed by atoms with Gasteiger partial charge < -0.3 is 5.32 Å². The summed E-state index contributed by atoms with van der Waals surface area (Å²) in [6.45, 7) is 6.41. The van der Waals surface area contributed by atoms with Crippen molar-refractivity contribution in [2.45, 2.75) is 65.3 Å². The first-order valence-electron chi connectivity index (χ1n) is 7.32. The van der Waals surface area contributed by atoms with Crippen LogP contribution in [-0.4, -0.2) is 16.0 Å². The fraction of sp³-hybridized carbons (Fsp3) is 0.733. The number of rotatable bonds is 4. The Morgan fingerprint density at radius 1 is 1.17 bits per heavy atom. The summed E-state index contributed by atoms with van der Waals surface area (Å²) in [6, 6.07) is 2.70. The lowest BCUT2D eigenvalue weighted by atomic mass is 9.84. The van der Waals surface area contributed by atoms with E-state index in [9.17, 15) is 0 Å². The van der Waals surface area contributed by atoms with E-state index in [2.05, 4.69) is 35.2 Å². The second-order valence-electron chi connectivity index (χ2n) is 5.42. The molecule has 3 nitrogen and oxygen atoms in total. The molecular formula is C15H25N3. The maximum absolute atomic E-state index is 4.49. The number of aromatic nitrogens is 2. The molecule has 100 valence electrons. The lowest BCUT2D eigenvalue weighted by Crippen LogP contribution is -2.26. The molecular weight excluding hydrogens is 222 g/mol. The summed E-state index contributed by atoms with van der Waals surface area (Å²) in [4.78, 5) is 8.91. The van der Waals surface area contributed by atoms with Crippen molar-refractivity contribution in [2.24, 2.45) is 5.92 Å². The first-order valence-corrected chi connectivity index (χ1v) is 7.32. The number of hydrogen-bond donors (Lipinski definition) is 1. The molecule has 0 bridgehead atoms. The van der Waals surface area contributed by atoms with Crippen molar-refractivity contribution in [3.8, 4) is 0 Å². The lowest BCUT2D eigenvalue weighted by Gasteiger charge is -2.28. The van der Waals surface area contributed by atoms with Crippen molar-refractivity contribution in [2.75, 3.05) is 5.32 Å². The molecule has 1 N–H and O–H groups in total. The molecule has 1 saturated carbocycles. The third-order valence-corrected chi connectivity index (χ3v) is 4.03. The predicted molar refractivity (Wildman–Crippen MR) is 75.8 cm³/mol. The SMILES string of the molecule is CCc1cc(NC2CCC(CC)CC2)nc(C)n1. The summed E-state index contributed by atoms with van der Waals surface area (Å²) in [5.41, 5.74) is 1.13. The van der Waals surface area contributed by atoms with Crippen LogP contribution >= 0.6 is 0 Å². The third-order valence-electron chi connectivity index (χ3n) is 4.03. The first-order chi connectivity index (χ1) is 8.71. The van der Waals surface area contributed by atoms with Crippen molar-refractivity contribution in [3.05, 3.63) is 17.6 Å². The normalized spacial score (nSPS) is 23.9. The zero-order valence-electron chi connectivity index (χ0n) is 11.9. The zero-order chi connectivity index (χ0) is 13.0. The van der Waals surface area contributed by atoms with E-state index >= 15 is 0 Å². The van der Waals surface area contributed by atoms with Gasteiger partial charge in [-0.2, -0.15) is 0 Å². The molecule has 0 unspecified atom stereocenters. The lowest BCUT2D eigenvalue weighted by molar-refractivity contribution is 0.330. The van der Waals surface area contributed by atoms with Gasteiger partial charge in [0.25, 0.3) is 0 Å². The molecule has 18 heavy (non-hydrogen) atoms. The van der Waals surface area contributed by atoms with Gasteiger partial charge in [-0.25, -0.2) is 9.97 Å². The van der Waals surface area contributed by atoms with Crippen LogP contribution in [0.4, 0.5) is 5.82 Å². The Labute approximate surface area is 110 Å². The second kappa shape index (κ2) is 6.17. The molecule has 0 radical (unpaired) electrons. The summed E-state index contributed by atoms with van der Waals surface area (Å²) in [7, 11) is 0. The van der Waals surface area contributed by atoms with E-state index < -0.39 is 0 Å². The van der Waals surface area contributed by atoms with Crippen LogP contribution < -0.4 is 5.32 Å². The van der Waals surface area contributed by atoms with Crippen LogP contribution in [0.25, 0.3) is 0 Å². The van der Waals surface area contributed by atoms with E-state index in [1.54, 1.807) is 0 Å². The van der Waals surface area contributed by atoms with Crippen molar-refractivity contribution in [1.82, 2.24) is 9.97 Å². The topological polar surface area (TPSA) is 37.8 Å². The Morgan fingerprint density at radius 3 is 2.50 bits per heavy atom. The standard InChI is InChI=1S/C15H25N3/c1-4-12-6-8-14(9-7-12)18-15-10-13(5-2)16-11(3)17-15/h10,12,14H,4-9H2,1-3H3,(H,16,17,18). The average molecular weight is 247 g/mol. The fourth-order valence-corrected chi connectivity index (χ4v) is 2.81. The van der Waals surface area contributed by atoms with E-state index in [1.165, 1.54) is 32.1 Å². The quantitative estimate of drug-likeness (QED) is 0.881. The second-order valence-corrected chi connectivity index (χ2v) is 5.42. The summed E-state index contributed by atoms with van der Waals surface area (Å²) >= 11 is 0. The van der Waals surface area contributed by atoms with Crippen LogP contribution in [-0.2, 0) is 6.42 Å². The molecule has 0 atom stereocenters. The monoisotopic (exact) mass is 247 g/mol. The van der Waals surface area contributed by atoms with Crippen LogP contribution in [0, 0.1) is 12.8 Å². The molecule has 0 aromatic carbocycles. The van der Waals surface area contributed by atoms with Gasteiger partial charge in [-0.05, 0) is 44.9 Å². The van der Waals surface area contributed by atoms with Gasteiger partial charge in [0, 0.05) is 17.8 Å². The molecule has 2 rings (SSSR count). The number of hydrogen-bond acceptors (Lipinski definition) is 3. The van der Waals surface area contributed by atoms with Gasteiger partial charge in [0.05, 0.1) is 0 Å². The van der Waals surface area contributed by atoms with E-state index in [4.69, 9.17) is 0 Å². The van der Waals surface area contributed by atoms with Crippen molar-refractivity contribution >= 4 is 5.82 Å². The van der Waals surface area contributed by atoms with E-state index in [0.717, 1.165) is 29.7 Å². The molecule has 3 heteroatoms. The number of anilines is 1. The molecule has 1 aromatic heterocycles. The van der Waals surface area contributed by atoms with E-state index in [1.807, 2.05) is 6.92 Å². The minimum atomic E-state index is 0.604. The summed E-state index contributed by atoms with van der Waals surface area (Å²) in [5.74, 6) is 2.83. The van der Waals surface area contributed by atoms with Crippen LogP contribution in [0.15, 0.2) is 6.07 Å². The number of aryl methyl sites for hydroxylation is 2. The summed E-state index contributed by atoms with van der Waals surface area (Å²) in [5, 5.41) is 3.59. The van der Waals surface area contributed by atoms with E-state index in [-0.39, 0.29) is 0 Å². The fourth-order valence-electron chi connectivity index (χ4n) is 2.81. The van der Waals surface area contributed by atoms with Gasteiger partial charge in [0.2, 0.25) is 0 Å². The maximum Gasteiger partial charge on any atom is 0.130 e. The molecule has 0 aliphatic heterocycles. The van der Waals surface area contributed by atoms with E-state index in [0.29, 0.717) is 6.04 Å². The molecule has 0 spiro atoms. The highest BCUT2D eigenvalue weighted by Crippen LogP contribution is 2.28. The van der Waals surface area contributed by atoms with Crippen LogP contribution in [0.2, 0.25) is 0 Å². The highest BCUT2D eigenvalue weighted by molar-refractivity contribution is 5.37. The van der Waals surface area contributed by atoms with Crippen molar-refractivity contribution < 1.29 is 0 Å². The van der Waals surface area contributed by atoms with Gasteiger partial charge in [0.1, 0.15) is 11.6 Å². The first kappa shape index (κ1) is 13.3. The Morgan fingerprint density at radius 2 is 1.89 bits per heavy atom. The van der Waals surface area contributed by atoms with Gasteiger partial charge in [0.15, 0.2) is 0 Å². The van der Waals surface area contributed by atoms with Gasteiger partial charge in [-0.1, -0.05) is 20.3 Å². The van der Waals surface area contributed by atoms with Crippen molar-refractivity contribution in [3.63, 3.8) is 0 Å². The largest absolute Gasteiger partial charge is 0.367 e. The molecule has 1 fully saturated rings. The molecule has 0 amide bonds. The number of nitrogens with one attached hydrogen (secondary N) is 1. The third kappa shape index (κ3) is 3.44. The highest BCUT2D eigenvalue weighted by Gasteiger charge is 2.20. The smallest absolute Gasteiger partial charge is 0.130 e. The summed E-state index contributed by atoms with van der Waals surface area (Å²) < 4.78 is 0. The Hall–Kier alpha value is -1.12. The average Bonchev–Trinajstić information content (AvgIpc) is 2.39. The molecule has 1 aliphatic carbocycles. The van der Waals surface area contributed by atoms with Gasteiger partial charge in [-0.15, -0.1) is 0 Å². The predicted octanol–water partition coefficient (Wildman–Crippen LogP) is 3.73. The minimum Gasteiger partial charge on any atom is -0.367 e. The molecule has 1 aliphatic rings.